The van der Waals surface area contributed by atoms with Crippen LogP contribution in [0, 0.1) is 11.3 Å². The third kappa shape index (κ3) is 3.20. The Hall–Kier alpha value is -0.120. The van der Waals surface area contributed by atoms with Crippen LogP contribution in [0.5, 0.6) is 0 Å². The van der Waals surface area contributed by atoms with Crippen molar-refractivity contribution in [2.45, 2.75) is 72.1 Å². The fraction of sp³-hybridized carbons (Fsp3) is 1.00. The molecule has 0 bridgehead atoms. The summed E-state index contributed by atoms with van der Waals surface area (Å²) in [5, 5.41) is 3.71. The Morgan fingerprint density at radius 1 is 1.30 bits per heavy atom. The molecule has 0 radical (unpaired) electrons. The van der Waals surface area contributed by atoms with Gasteiger partial charge in [-0.1, -0.05) is 27.7 Å². The minimum Gasteiger partial charge on any atom is -0.378 e. The molecule has 0 aromatic rings. The lowest BCUT2D eigenvalue weighted by Gasteiger charge is -2.57. The summed E-state index contributed by atoms with van der Waals surface area (Å²) in [5.41, 5.74) is 0.319. The monoisotopic (exact) mass is 282 g/mol. The van der Waals surface area contributed by atoms with Crippen molar-refractivity contribution < 1.29 is 4.74 Å². The molecule has 1 heterocycles. The van der Waals surface area contributed by atoms with E-state index >= 15 is 0 Å². The zero-order valence-corrected chi connectivity index (χ0v) is 14.1. The number of hydrogen-bond acceptors (Lipinski definition) is 3. The molecule has 0 aromatic carbocycles. The Labute approximate surface area is 125 Å². The lowest BCUT2D eigenvalue weighted by atomic mass is 9.63. The molecular formula is C17H34N2O. The van der Waals surface area contributed by atoms with Crippen molar-refractivity contribution in [1.29, 1.82) is 0 Å². The van der Waals surface area contributed by atoms with Crippen molar-refractivity contribution in [1.82, 2.24) is 10.2 Å². The van der Waals surface area contributed by atoms with E-state index in [1.165, 1.54) is 32.4 Å². The molecule has 118 valence electrons. The van der Waals surface area contributed by atoms with Gasteiger partial charge < -0.3 is 10.1 Å². The van der Waals surface area contributed by atoms with E-state index < -0.39 is 0 Å². The molecule has 20 heavy (non-hydrogen) atoms. The third-order valence-electron chi connectivity index (χ3n) is 5.53. The molecule has 0 amide bonds. The number of likely N-dealkylation sites (tertiary alicyclic amines) is 1. The molecule has 1 saturated carbocycles. The van der Waals surface area contributed by atoms with Crippen LogP contribution in [0.3, 0.4) is 0 Å². The predicted molar refractivity (Wildman–Crippen MR) is 85.0 cm³/mol. The maximum absolute atomic E-state index is 5.88. The molecule has 1 N–H and O–H groups in total. The van der Waals surface area contributed by atoms with Crippen molar-refractivity contribution in [3.63, 3.8) is 0 Å². The summed E-state index contributed by atoms with van der Waals surface area (Å²) >= 11 is 0. The summed E-state index contributed by atoms with van der Waals surface area (Å²) < 4.78 is 5.88. The van der Waals surface area contributed by atoms with Gasteiger partial charge in [0.1, 0.15) is 0 Å². The molecule has 0 spiro atoms. The van der Waals surface area contributed by atoms with Crippen LogP contribution >= 0.6 is 0 Å². The van der Waals surface area contributed by atoms with Crippen LogP contribution in [0.4, 0.5) is 0 Å². The lowest BCUT2D eigenvalue weighted by Crippen LogP contribution is -2.65. The summed E-state index contributed by atoms with van der Waals surface area (Å²) in [6.07, 6.45) is 4.22. The quantitative estimate of drug-likeness (QED) is 0.811. The normalized spacial score (nSPS) is 37.6. The van der Waals surface area contributed by atoms with Crippen LogP contribution in [0.1, 0.15) is 53.9 Å². The predicted octanol–water partition coefficient (Wildman–Crippen LogP) is 2.90. The highest BCUT2D eigenvalue weighted by atomic mass is 16.5. The van der Waals surface area contributed by atoms with Crippen LogP contribution in [0.15, 0.2) is 0 Å². The summed E-state index contributed by atoms with van der Waals surface area (Å²) in [7, 11) is 0. The summed E-state index contributed by atoms with van der Waals surface area (Å²) in [6.45, 7) is 16.0. The Balaban J connectivity index is 1.84. The summed E-state index contributed by atoms with van der Waals surface area (Å²) in [4.78, 5) is 2.73. The van der Waals surface area contributed by atoms with Gasteiger partial charge in [-0.15, -0.1) is 0 Å². The fourth-order valence-corrected chi connectivity index (χ4v) is 4.06. The first-order chi connectivity index (χ1) is 9.50. The minimum atomic E-state index is 0.319. The van der Waals surface area contributed by atoms with Gasteiger partial charge in [0.05, 0.1) is 6.10 Å². The average Bonchev–Trinajstić information content (AvgIpc) is 2.42. The van der Waals surface area contributed by atoms with Crippen LogP contribution in [-0.4, -0.2) is 49.3 Å². The largest absolute Gasteiger partial charge is 0.378 e. The average molecular weight is 282 g/mol. The maximum atomic E-state index is 5.88. The van der Waals surface area contributed by atoms with Gasteiger partial charge in [-0.25, -0.2) is 0 Å². The Bertz CT molecular complexity index is 305. The number of piperidine rings is 1. The van der Waals surface area contributed by atoms with Gasteiger partial charge in [-0.2, -0.15) is 0 Å². The second kappa shape index (κ2) is 6.76. The standard InChI is InChI=1S/C17H34N2O/c1-6-9-18-14-8-10-19(12-13(14)3)15-11-16(20-7-2)17(15,4)5/h13-16,18H,6-12H2,1-5H3. The SMILES string of the molecule is CCCNC1CCN(C2CC(OCC)C2(C)C)CC1C. The molecule has 1 saturated heterocycles. The van der Waals surface area contributed by atoms with E-state index in [0.29, 0.717) is 17.6 Å². The maximum Gasteiger partial charge on any atom is 0.0655 e. The minimum absolute atomic E-state index is 0.319. The van der Waals surface area contributed by atoms with Gasteiger partial charge in [0.2, 0.25) is 0 Å². The van der Waals surface area contributed by atoms with Crippen LogP contribution in [0.25, 0.3) is 0 Å². The zero-order chi connectivity index (χ0) is 14.8. The van der Waals surface area contributed by atoms with E-state index in [1.807, 2.05) is 0 Å². The zero-order valence-electron chi connectivity index (χ0n) is 14.1. The van der Waals surface area contributed by atoms with Crippen molar-refractivity contribution in [3.8, 4) is 0 Å². The van der Waals surface area contributed by atoms with Crippen molar-refractivity contribution in [2.24, 2.45) is 11.3 Å². The van der Waals surface area contributed by atoms with E-state index in [2.05, 4.69) is 44.8 Å². The first-order valence-electron chi connectivity index (χ1n) is 8.59. The van der Waals surface area contributed by atoms with Gasteiger partial charge in [0.25, 0.3) is 0 Å². The first kappa shape index (κ1) is 16.3. The Morgan fingerprint density at radius 2 is 2.05 bits per heavy atom. The fourth-order valence-electron chi connectivity index (χ4n) is 4.06. The molecule has 1 aliphatic carbocycles. The molecule has 2 aliphatic rings. The van der Waals surface area contributed by atoms with Crippen LogP contribution in [-0.2, 0) is 4.74 Å². The van der Waals surface area contributed by atoms with E-state index in [4.69, 9.17) is 4.74 Å². The molecule has 3 heteroatoms. The van der Waals surface area contributed by atoms with Crippen LogP contribution < -0.4 is 5.32 Å². The second-order valence-corrected chi connectivity index (χ2v) is 7.34. The number of rotatable bonds is 6. The van der Waals surface area contributed by atoms with E-state index in [0.717, 1.165) is 25.1 Å². The molecule has 2 rings (SSSR count). The molecule has 2 fully saturated rings. The van der Waals surface area contributed by atoms with Crippen molar-refractivity contribution >= 4 is 0 Å². The van der Waals surface area contributed by atoms with E-state index in [1.54, 1.807) is 0 Å². The first-order valence-corrected chi connectivity index (χ1v) is 8.59. The molecule has 4 atom stereocenters. The van der Waals surface area contributed by atoms with Gasteiger partial charge in [-0.3, -0.25) is 4.90 Å². The van der Waals surface area contributed by atoms with E-state index in [-0.39, 0.29) is 0 Å². The second-order valence-electron chi connectivity index (χ2n) is 7.34. The third-order valence-corrected chi connectivity index (χ3v) is 5.53. The van der Waals surface area contributed by atoms with Gasteiger partial charge in [-0.05, 0) is 45.2 Å². The molecule has 4 unspecified atom stereocenters. The van der Waals surface area contributed by atoms with E-state index in [9.17, 15) is 0 Å². The van der Waals surface area contributed by atoms with Gasteiger partial charge in [0, 0.05) is 30.7 Å². The summed E-state index contributed by atoms with van der Waals surface area (Å²) in [6, 6.07) is 1.44. The lowest BCUT2D eigenvalue weighted by molar-refractivity contribution is -0.156. The topological polar surface area (TPSA) is 24.5 Å². The molecule has 3 nitrogen and oxygen atoms in total. The Morgan fingerprint density at radius 3 is 2.60 bits per heavy atom. The van der Waals surface area contributed by atoms with Crippen molar-refractivity contribution in [3.05, 3.63) is 0 Å². The number of nitrogens with zero attached hydrogens (tertiary/aromatic N) is 1. The van der Waals surface area contributed by atoms with Gasteiger partial charge >= 0.3 is 0 Å². The Kier molecular flexibility index (Phi) is 5.49. The molecule has 1 aliphatic heterocycles. The number of hydrogen-bond donors (Lipinski definition) is 1. The smallest absolute Gasteiger partial charge is 0.0655 e. The van der Waals surface area contributed by atoms with Crippen molar-refractivity contribution in [2.75, 3.05) is 26.2 Å². The highest BCUT2D eigenvalue weighted by Gasteiger charge is 2.52. The summed E-state index contributed by atoms with van der Waals surface area (Å²) in [5.74, 6) is 0.761. The number of nitrogens with one attached hydrogen (secondary N) is 1. The molecule has 0 aromatic heterocycles. The van der Waals surface area contributed by atoms with Gasteiger partial charge in [0.15, 0.2) is 0 Å². The highest BCUT2D eigenvalue weighted by molar-refractivity contribution is 5.05. The number of ether oxygens (including phenoxy) is 1. The molecular weight excluding hydrogens is 248 g/mol. The van der Waals surface area contributed by atoms with Crippen LogP contribution in [0.2, 0.25) is 0 Å². The highest BCUT2D eigenvalue weighted by Crippen LogP contribution is 2.46.